The first-order valence-corrected chi connectivity index (χ1v) is 8.00. The lowest BCUT2D eigenvalue weighted by Crippen LogP contribution is -2.39. The van der Waals surface area contributed by atoms with Crippen molar-refractivity contribution in [2.45, 2.75) is 25.7 Å². The number of rotatable bonds is 3. The molecule has 1 aromatic carbocycles. The number of hydrogen-bond acceptors (Lipinski definition) is 4. The third-order valence-corrected chi connectivity index (χ3v) is 4.29. The molecular weight excluding hydrogens is 309 g/mol. The summed E-state index contributed by atoms with van der Waals surface area (Å²) in [5.41, 5.74) is 2.02. The maximum atomic E-state index is 13.6. The van der Waals surface area contributed by atoms with Crippen LogP contribution in [0.25, 0.3) is 0 Å². The van der Waals surface area contributed by atoms with Crippen LogP contribution in [-0.4, -0.2) is 41.0 Å². The number of hydrogen-bond donors (Lipinski definition) is 0. The lowest BCUT2D eigenvalue weighted by Gasteiger charge is -2.32. The Balaban J connectivity index is 1.82. The van der Waals surface area contributed by atoms with E-state index in [0.29, 0.717) is 18.8 Å². The fourth-order valence-corrected chi connectivity index (χ4v) is 3.10. The molecule has 0 spiro atoms. The number of likely N-dealkylation sites (tertiary alicyclic amines) is 1. The van der Waals surface area contributed by atoms with Crippen LogP contribution in [0.2, 0.25) is 0 Å². The molecule has 1 saturated heterocycles. The van der Waals surface area contributed by atoms with Gasteiger partial charge in [0.1, 0.15) is 11.6 Å². The molecule has 0 aliphatic carbocycles. The topological polar surface area (TPSA) is 55.3 Å². The van der Waals surface area contributed by atoms with Gasteiger partial charge >= 0.3 is 0 Å². The molecule has 0 saturated carbocycles. The molecule has 1 unspecified atom stereocenters. The number of carbonyl (C=O) groups excluding carboxylic acids is 1. The Hall–Kier alpha value is -2.50. The summed E-state index contributed by atoms with van der Waals surface area (Å²) in [6.45, 7) is 3.10. The first-order valence-electron chi connectivity index (χ1n) is 8.00. The highest BCUT2D eigenvalue weighted by molar-refractivity contribution is 5.97. The van der Waals surface area contributed by atoms with Gasteiger partial charge in [0.05, 0.1) is 24.1 Å². The molecule has 3 rings (SSSR count). The standard InChI is InChI=1S/C18H20FN3O2/c1-12-9-20-10-16(21-12)13-4-3-7-22(11-13)18(23)15-8-14(19)5-6-17(15)24-2/h5-6,8-10,13H,3-4,7,11H2,1-2H3. The molecule has 0 N–H and O–H groups in total. The number of nitrogens with zero attached hydrogens (tertiary/aromatic N) is 3. The first-order chi connectivity index (χ1) is 11.6. The number of piperidine rings is 1. The Morgan fingerprint density at radius 1 is 1.38 bits per heavy atom. The zero-order valence-corrected chi connectivity index (χ0v) is 13.8. The van der Waals surface area contributed by atoms with Gasteiger partial charge in [0.2, 0.25) is 0 Å². The van der Waals surface area contributed by atoms with E-state index in [2.05, 4.69) is 9.97 Å². The Labute approximate surface area is 140 Å². The van der Waals surface area contributed by atoms with Crippen LogP contribution in [0.15, 0.2) is 30.6 Å². The van der Waals surface area contributed by atoms with Crippen molar-refractivity contribution >= 4 is 5.91 Å². The minimum atomic E-state index is -0.447. The van der Waals surface area contributed by atoms with E-state index in [-0.39, 0.29) is 17.4 Å². The summed E-state index contributed by atoms with van der Waals surface area (Å²) in [5, 5.41) is 0. The second kappa shape index (κ2) is 6.95. The molecule has 1 atom stereocenters. The Morgan fingerprint density at radius 3 is 2.96 bits per heavy atom. The molecule has 1 amide bonds. The molecule has 1 aliphatic rings. The summed E-state index contributed by atoms with van der Waals surface area (Å²) in [6, 6.07) is 4.00. The molecule has 1 fully saturated rings. The maximum absolute atomic E-state index is 13.6. The van der Waals surface area contributed by atoms with Crippen LogP contribution in [0.1, 0.15) is 40.5 Å². The predicted octanol–water partition coefficient (Wildman–Crippen LogP) is 2.95. The van der Waals surface area contributed by atoms with Gasteiger partial charge in [-0.15, -0.1) is 0 Å². The van der Waals surface area contributed by atoms with E-state index in [1.807, 2.05) is 6.92 Å². The average molecular weight is 329 g/mol. The number of methoxy groups -OCH3 is 1. The second-order valence-corrected chi connectivity index (χ2v) is 6.02. The molecule has 6 heteroatoms. The molecule has 1 aromatic heterocycles. The second-order valence-electron chi connectivity index (χ2n) is 6.02. The van der Waals surface area contributed by atoms with Crippen molar-refractivity contribution in [3.63, 3.8) is 0 Å². The minimum Gasteiger partial charge on any atom is -0.496 e. The van der Waals surface area contributed by atoms with Gasteiger partial charge in [0, 0.05) is 31.4 Å². The van der Waals surface area contributed by atoms with Crippen LogP contribution in [0.4, 0.5) is 4.39 Å². The van der Waals surface area contributed by atoms with Crippen molar-refractivity contribution in [2.24, 2.45) is 0 Å². The Morgan fingerprint density at radius 2 is 2.21 bits per heavy atom. The SMILES string of the molecule is COc1ccc(F)cc1C(=O)N1CCCC(c2cncc(C)n2)C1. The van der Waals surface area contributed by atoms with E-state index in [4.69, 9.17) is 4.74 Å². The van der Waals surface area contributed by atoms with Crippen molar-refractivity contribution in [1.82, 2.24) is 14.9 Å². The highest BCUT2D eigenvalue weighted by Crippen LogP contribution is 2.28. The largest absolute Gasteiger partial charge is 0.496 e. The summed E-state index contributed by atoms with van der Waals surface area (Å²) in [6.07, 6.45) is 5.31. The third-order valence-electron chi connectivity index (χ3n) is 4.29. The molecule has 5 nitrogen and oxygen atoms in total. The molecule has 2 aromatic rings. The summed E-state index contributed by atoms with van der Waals surface area (Å²) < 4.78 is 18.8. The van der Waals surface area contributed by atoms with Gasteiger partial charge in [-0.3, -0.25) is 14.8 Å². The summed E-state index contributed by atoms with van der Waals surface area (Å²) in [7, 11) is 1.48. The van der Waals surface area contributed by atoms with E-state index in [1.54, 1.807) is 17.3 Å². The Bertz CT molecular complexity index is 751. The highest BCUT2D eigenvalue weighted by atomic mass is 19.1. The molecule has 0 bridgehead atoms. The maximum Gasteiger partial charge on any atom is 0.257 e. The number of aromatic nitrogens is 2. The quantitative estimate of drug-likeness (QED) is 0.869. The van der Waals surface area contributed by atoms with E-state index in [9.17, 15) is 9.18 Å². The molecule has 2 heterocycles. The Kier molecular flexibility index (Phi) is 4.74. The predicted molar refractivity (Wildman–Crippen MR) is 87.6 cm³/mol. The lowest BCUT2D eigenvalue weighted by atomic mass is 9.94. The van der Waals surface area contributed by atoms with Crippen molar-refractivity contribution < 1.29 is 13.9 Å². The van der Waals surface area contributed by atoms with E-state index >= 15 is 0 Å². The monoisotopic (exact) mass is 329 g/mol. The minimum absolute atomic E-state index is 0.148. The van der Waals surface area contributed by atoms with Crippen LogP contribution in [-0.2, 0) is 0 Å². The fraction of sp³-hybridized carbons (Fsp3) is 0.389. The van der Waals surface area contributed by atoms with Crippen molar-refractivity contribution in [3.8, 4) is 5.75 Å². The van der Waals surface area contributed by atoms with Crippen LogP contribution in [0.3, 0.4) is 0 Å². The van der Waals surface area contributed by atoms with Gasteiger partial charge in [0.25, 0.3) is 5.91 Å². The number of ether oxygens (including phenoxy) is 1. The van der Waals surface area contributed by atoms with E-state index < -0.39 is 5.82 Å². The number of aryl methyl sites for hydroxylation is 1. The van der Waals surface area contributed by atoms with Gasteiger partial charge in [-0.2, -0.15) is 0 Å². The molecule has 126 valence electrons. The first kappa shape index (κ1) is 16.4. The van der Waals surface area contributed by atoms with Crippen LogP contribution in [0.5, 0.6) is 5.75 Å². The van der Waals surface area contributed by atoms with E-state index in [1.165, 1.54) is 25.3 Å². The van der Waals surface area contributed by atoms with Gasteiger partial charge in [-0.05, 0) is 38.0 Å². The third kappa shape index (κ3) is 3.37. The smallest absolute Gasteiger partial charge is 0.257 e. The fourth-order valence-electron chi connectivity index (χ4n) is 3.10. The lowest BCUT2D eigenvalue weighted by molar-refractivity contribution is 0.0702. The van der Waals surface area contributed by atoms with Crippen molar-refractivity contribution in [3.05, 3.63) is 53.4 Å². The number of carbonyl (C=O) groups is 1. The average Bonchev–Trinajstić information content (AvgIpc) is 2.61. The van der Waals surface area contributed by atoms with Crippen LogP contribution < -0.4 is 4.74 Å². The zero-order valence-electron chi connectivity index (χ0n) is 13.8. The number of amides is 1. The van der Waals surface area contributed by atoms with Crippen molar-refractivity contribution in [2.75, 3.05) is 20.2 Å². The summed E-state index contributed by atoms with van der Waals surface area (Å²) >= 11 is 0. The number of halogens is 1. The van der Waals surface area contributed by atoms with Crippen LogP contribution >= 0.6 is 0 Å². The highest BCUT2D eigenvalue weighted by Gasteiger charge is 2.28. The normalized spacial score (nSPS) is 17.6. The molecule has 1 aliphatic heterocycles. The van der Waals surface area contributed by atoms with Crippen LogP contribution in [0, 0.1) is 12.7 Å². The van der Waals surface area contributed by atoms with Crippen molar-refractivity contribution in [1.29, 1.82) is 0 Å². The van der Waals surface area contributed by atoms with Gasteiger partial charge in [-0.1, -0.05) is 0 Å². The van der Waals surface area contributed by atoms with Gasteiger partial charge < -0.3 is 9.64 Å². The summed E-state index contributed by atoms with van der Waals surface area (Å²) in [4.78, 5) is 23.3. The summed E-state index contributed by atoms with van der Waals surface area (Å²) in [5.74, 6) is -0.123. The number of benzene rings is 1. The zero-order chi connectivity index (χ0) is 17.1. The van der Waals surface area contributed by atoms with Gasteiger partial charge in [0.15, 0.2) is 0 Å². The van der Waals surface area contributed by atoms with Gasteiger partial charge in [-0.25, -0.2) is 4.39 Å². The molecule has 0 radical (unpaired) electrons. The van der Waals surface area contributed by atoms with E-state index in [0.717, 1.165) is 24.2 Å². The molecular formula is C18H20FN3O2. The molecule has 24 heavy (non-hydrogen) atoms.